The summed E-state index contributed by atoms with van der Waals surface area (Å²) in [5.41, 5.74) is 4.21. The molecule has 0 saturated carbocycles. The molecule has 2 N–H and O–H groups in total. The maximum Gasteiger partial charge on any atom is 0.242 e. The Bertz CT molecular complexity index is 925. The van der Waals surface area contributed by atoms with Gasteiger partial charge in [0, 0.05) is 25.4 Å². The van der Waals surface area contributed by atoms with Crippen molar-refractivity contribution in [3.8, 4) is 5.75 Å². The Kier molecular flexibility index (Phi) is 8.24. The van der Waals surface area contributed by atoms with Gasteiger partial charge in [-0.25, -0.2) is 0 Å². The van der Waals surface area contributed by atoms with E-state index in [4.69, 9.17) is 4.74 Å². The highest BCUT2D eigenvalue weighted by molar-refractivity contribution is 5.85. The molecule has 0 bridgehead atoms. The summed E-state index contributed by atoms with van der Waals surface area (Å²) < 4.78 is 7.52. The highest BCUT2D eigenvalue weighted by Gasteiger charge is 2.19. The minimum Gasteiger partial charge on any atom is -0.489 e. The quantitative estimate of drug-likeness (QED) is 0.593. The molecule has 3 rings (SSSR count). The third-order valence-electron chi connectivity index (χ3n) is 4.49. The summed E-state index contributed by atoms with van der Waals surface area (Å²) in [5, 5.41) is 10.1. The van der Waals surface area contributed by atoms with Crippen LogP contribution in [0.3, 0.4) is 0 Å². The summed E-state index contributed by atoms with van der Waals surface area (Å²) in [6, 6.07) is 15.6. The van der Waals surface area contributed by atoms with E-state index in [1.165, 1.54) is 5.56 Å². The largest absolute Gasteiger partial charge is 0.489 e. The molecule has 3 aromatic rings. The molecule has 0 fully saturated rings. The number of halogens is 1. The Morgan fingerprint density at radius 1 is 1.17 bits per heavy atom. The lowest BCUT2D eigenvalue weighted by molar-refractivity contribution is -0.123. The lowest BCUT2D eigenvalue weighted by Gasteiger charge is -2.15. The average molecular weight is 415 g/mol. The number of benzene rings is 2. The molecular weight excluding hydrogens is 388 g/mol. The molecule has 0 saturated heterocycles. The van der Waals surface area contributed by atoms with Gasteiger partial charge in [0.25, 0.3) is 0 Å². The van der Waals surface area contributed by atoms with Crippen LogP contribution in [0.1, 0.15) is 28.3 Å². The van der Waals surface area contributed by atoms with Gasteiger partial charge < -0.3 is 15.4 Å². The van der Waals surface area contributed by atoms with E-state index >= 15 is 0 Å². The monoisotopic (exact) mass is 414 g/mol. The first-order valence-corrected chi connectivity index (χ1v) is 9.26. The van der Waals surface area contributed by atoms with Crippen molar-refractivity contribution in [1.29, 1.82) is 0 Å². The van der Waals surface area contributed by atoms with E-state index in [1.54, 1.807) is 17.9 Å². The van der Waals surface area contributed by atoms with Crippen LogP contribution >= 0.6 is 12.4 Å². The van der Waals surface area contributed by atoms with E-state index in [0.717, 1.165) is 22.4 Å². The van der Waals surface area contributed by atoms with Gasteiger partial charge in [-0.2, -0.15) is 5.10 Å². The summed E-state index contributed by atoms with van der Waals surface area (Å²) in [6.45, 7) is 3.06. The molecule has 1 atom stereocenters. The number of aryl methyl sites for hydroxylation is 2. The normalized spacial score (nSPS) is 11.4. The van der Waals surface area contributed by atoms with Crippen LogP contribution in [0.25, 0.3) is 0 Å². The second-order valence-electron chi connectivity index (χ2n) is 6.81. The predicted molar refractivity (Wildman–Crippen MR) is 116 cm³/mol. The Labute approximate surface area is 177 Å². The van der Waals surface area contributed by atoms with Gasteiger partial charge in [0.15, 0.2) is 0 Å². The number of hydrogen-bond donors (Lipinski definition) is 2. The van der Waals surface area contributed by atoms with Crippen LogP contribution in [-0.4, -0.2) is 22.7 Å². The van der Waals surface area contributed by atoms with Gasteiger partial charge in [-0.05, 0) is 37.2 Å². The molecule has 29 heavy (non-hydrogen) atoms. The Morgan fingerprint density at radius 3 is 2.55 bits per heavy atom. The minimum atomic E-state index is -0.425. The lowest BCUT2D eigenvalue weighted by atomic mass is 10.1. The zero-order valence-corrected chi connectivity index (χ0v) is 17.7. The van der Waals surface area contributed by atoms with E-state index in [2.05, 4.69) is 40.9 Å². The number of likely N-dealkylation sites (N-methyl/N-ethyl adjacent to an activating group) is 1. The first-order chi connectivity index (χ1) is 13.5. The molecule has 1 amide bonds. The number of amides is 1. The summed E-state index contributed by atoms with van der Waals surface area (Å²) >= 11 is 0. The Hall–Kier alpha value is -2.83. The number of rotatable bonds is 8. The van der Waals surface area contributed by atoms with Crippen LogP contribution in [0.2, 0.25) is 0 Å². The molecule has 1 unspecified atom stereocenters. The van der Waals surface area contributed by atoms with Crippen LogP contribution in [0.5, 0.6) is 5.75 Å². The number of aromatic nitrogens is 2. The van der Waals surface area contributed by atoms with Gasteiger partial charge in [-0.1, -0.05) is 42.0 Å². The number of carbonyl (C=O) groups is 1. The highest BCUT2D eigenvalue weighted by Crippen LogP contribution is 2.16. The second-order valence-corrected chi connectivity index (χ2v) is 6.81. The molecule has 0 radical (unpaired) electrons. The van der Waals surface area contributed by atoms with Crippen LogP contribution in [0, 0.1) is 6.92 Å². The minimum absolute atomic E-state index is 0. The molecular formula is C22H27ClN4O2. The Balaban J connectivity index is 0.00000300. The van der Waals surface area contributed by atoms with Gasteiger partial charge in [0.2, 0.25) is 5.91 Å². The highest BCUT2D eigenvalue weighted by atomic mass is 35.5. The average Bonchev–Trinajstić information content (AvgIpc) is 3.12. The SMILES string of the molecule is CNC(C(=O)NCc1ccc(OCc2cccc(C)c2)cc1)c1cnn(C)c1.Cl. The molecule has 7 heteroatoms. The lowest BCUT2D eigenvalue weighted by Crippen LogP contribution is -2.35. The topological polar surface area (TPSA) is 68.2 Å². The van der Waals surface area contributed by atoms with Gasteiger partial charge in [0.1, 0.15) is 18.4 Å². The first-order valence-electron chi connectivity index (χ1n) is 9.26. The third-order valence-corrected chi connectivity index (χ3v) is 4.49. The molecule has 0 aliphatic rings. The van der Waals surface area contributed by atoms with Crippen LogP contribution < -0.4 is 15.4 Å². The van der Waals surface area contributed by atoms with Crippen molar-refractivity contribution in [1.82, 2.24) is 20.4 Å². The fraction of sp³-hybridized carbons (Fsp3) is 0.273. The zero-order chi connectivity index (χ0) is 19.9. The van der Waals surface area contributed by atoms with Crippen LogP contribution in [0.4, 0.5) is 0 Å². The predicted octanol–water partition coefficient (Wildman–Crippen LogP) is 3.31. The fourth-order valence-corrected chi connectivity index (χ4v) is 3.00. The van der Waals surface area contributed by atoms with Crippen molar-refractivity contribution in [3.63, 3.8) is 0 Å². The first kappa shape index (κ1) is 22.5. The van der Waals surface area contributed by atoms with E-state index in [9.17, 15) is 4.79 Å². The fourth-order valence-electron chi connectivity index (χ4n) is 3.00. The van der Waals surface area contributed by atoms with Crippen molar-refractivity contribution in [2.75, 3.05) is 7.05 Å². The summed E-state index contributed by atoms with van der Waals surface area (Å²) in [7, 11) is 3.59. The number of ether oxygens (including phenoxy) is 1. The van der Waals surface area contributed by atoms with Crippen molar-refractivity contribution < 1.29 is 9.53 Å². The number of nitrogens with zero attached hydrogens (tertiary/aromatic N) is 2. The van der Waals surface area contributed by atoms with E-state index < -0.39 is 6.04 Å². The molecule has 1 aromatic heterocycles. The maximum absolute atomic E-state index is 12.5. The second kappa shape index (κ2) is 10.6. The number of carbonyl (C=O) groups excluding carboxylic acids is 1. The summed E-state index contributed by atoms with van der Waals surface area (Å²) in [4.78, 5) is 12.5. The van der Waals surface area contributed by atoms with E-state index in [0.29, 0.717) is 13.2 Å². The van der Waals surface area contributed by atoms with Gasteiger partial charge in [-0.15, -0.1) is 12.4 Å². The third kappa shape index (κ3) is 6.34. The van der Waals surface area contributed by atoms with Crippen LogP contribution in [-0.2, 0) is 25.0 Å². The van der Waals surface area contributed by atoms with E-state index in [-0.39, 0.29) is 18.3 Å². The summed E-state index contributed by atoms with van der Waals surface area (Å²) in [6.07, 6.45) is 3.53. The number of nitrogens with one attached hydrogen (secondary N) is 2. The summed E-state index contributed by atoms with van der Waals surface area (Å²) in [5.74, 6) is 0.718. The van der Waals surface area contributed by atoms with Gasteiger partial charge in [0.05, 0.1) is 6.20 Å². The van der Waals surface area contributed by atoms with Crippen LogP contribution in [0.15, 0.2) is 60.9 Å². The molecule has 0 aliphatic heterocycles. The van der Waals surface area contributed by atoms with Crippen molar-refractivity contribution in [3.05, 3.63) is 83.2 Å². The molecule has 0 aliphatic carbocycles. The molecule has 1 heterocycles. The van der Waals surface area contributed by atoms with Gasteiger partial charge in [-0.3, -0.25) is 9.48 Å². The molecule has 154 valence electrons. The van der Waals surface area contributed by atoms with Crippen molar-refractivity contribution >= 4 is 18.3 Å². The smallest absolute Gasteiger partial charge is 0.242 e. The van der Waals surface area contributed by atoms with Crippen molar-refractivity contribution in [2.24, 2.45) is 7.05 Å². The van der Waals surface area contributed by atoms with Crippen molar-refractivity contribution in [2.45, 2.75) is 26.1 Å². The van der Waals surface area contributed by atoms with E-state index in [1.807, 2.05) is 43.6 Å². The number of hydrogen-bond acceptors (Lipinski definition) is 4. The Morgan fingerprint density at radius 2 is 1.93 bits per heavy atom. The molecule has 6 nitrogen and oxygen atoms in total. The zero-order valence-electron chi connectivity index (χ0n) is 16.9. The standard InChI is InChI=1S/C22H26N4O2.ClH/c1-16-5-4-6-18(11-16)15-28-20-9-7-17(8-10-20)12-24-22(27)21(23-2)19-13-25-26(3)14-19;/h4-11,13-14,21,23H,12,15H2,1-3H3,(H,24,27);1H. The molecule has 2 aromatic carbocycles. The van der Waals surface area contributed by atoms with Gasteiger partial charge >= 0.3 is 0 Å². The maximum atomic E-state index is 12.5. The molecule has 0 spiro atoms.